The van der Waals surface area contributed by atoms with Crippen LogP contribution in [-0.4, -0.2) is 12.0 Å². The van der Waals surface area contributed by atoms with E-state index >= 15 is 0 Å². The highest BCUT2D eigenvalue weighted by molar-refractivity contribution is 5.44. The molecule has 16 heavy (non-hydrogen) atoms. The van der Waals surface area contributed by atoms with Crippen molar-refractivity contribution in [3.05, 3.63) is 53.9 Å². The normalized spacial score (nSPS) is 10.4. The van der Waals surface area contributed by atoms with Gasteiger partial charge in [0.2, 0.25) is 0 Å². The van der Waals surface area contributed by atoms with Crippen LogP contribution in [-0.2, 0) is 13.1 Å². The maximum Gasteiger partial charge on any atom is 0.0544 e. The fraction of sp³-hybridized carbons (Fsp3) is 0.231. The molecule has 0 radical (unpaired) electrons. The van der Waals surface area contributed by atoms with Gasteiger partial charge in [-0.1, -0.05) is 24.3 Å². The average Bonchev–Trinajstić information content (AvgIpc) is 2.83. The Balaban J connectivity index is 2.08. The summed E-state index contributed by atoms with van der Waals surface area (Å²) < 4.78 is 0. The molecule has 3 heteroatoms. The van der Waals surface area contributed by atoms with Crippen molar-refractivity contribution in [2.75, 3.05) is 11.9 Å². The van der Waals surface area contributed by atoms with Crippen molar-refractivity contribution in [1.82, 2.24) is 4.98 Å². The van der Waals surface area contributed by atoms with Crippen molar-refractivity contribution in [1.29, 1.82) is 0 Å². The smallest absolute Gasteiger partial charge is 0.0544 e. The zero-order valence-corrected chi connectivity index (χ0v) is 9.48. The molecule has 0 aliphatic heterocycles. The molecule has 84 valence electrons. The molecular weight excluding hydrogens is 198 g/mol. The van der Waals surface area contributed by atoms with Gasteiger partial charge in [0.15, 0.2) is 0 Å². The molecule has 1 aromatic carbocycles. The SMILES string of the molecule is CN(Cc1cccc(CN)c1)c1cc[nH]c1. The summed E-state index contributed by atoms with van der Waals surface area (Å²) in [6, 6.07) is 10.5. The maximum absolute atomic E-state index is 5.63. The van der Waals surface area contributed by atoms with Gasteiger partial charge in [0.25, 0.3) is 0 Å². The third-order valence-corrected chi connectivity index (χ3v) is 2.67. The Hall–Kier alpha value is -1.74. The van der Waals surface area contributed by atoms with E-state index < -0.39 is 0 Å². The number of H-pyrrole nitrogens is 1. The minimum Gasteiger partial charge on any atom is -0.369 e. The van der Waals surface area contributed by atoms with Gasteiger partial charge in [0.05, 0.1) is 5.69 Å². The van der Waals surface area contributed by atoms with Crippen LogP contribution in [0.15, 0.2) is 42.7 Å². The van der Waals surface area contributed by atoms with Gasteiger partial charge in [-0.3, -0.25) is 0 Å². The molecule has 3 nitrogen and oxygen atoms in total. The van der Waals surface area contributed by atoms with E-state index in [1.807, 2.05) is 12.4 Å². The number of nitrogens with one attached hydrogen (secondary N) is 1. The zero-order chi connectivity index (χ0) is 11.4. The van der Waals surface area contributed by atoms with E-state index in [0.29, 0.717) is 6.54 Å². The van der Waals surface area contributed by atoms with E-state index in [4.69, 9.17) is 5.73 Å². The van der Waals surface area contributed by atoms with E-state index in [1.54, 1.807) is 0 Å². The first kappa shape index (κ1) is 10.8. The lowest BCUT2D eigenvalue weighted by molar-refractivity contribution is 0.918. The average molecular weight is 215 g/mol. The molecule has 0 atom stereocenters. The van der Waals surface area contributed by atoms with Crippen LogP contribution in [0.1, 0.15) is 11.1 Å². The predicted octanol–water partition coefficient (Wildman–Crippen LogP) is 2.11. The van der Waals surface area contributed by atoms with Gasteiger partial charge in [0.1, 0.15) is 0 Å². The third-order valence-electron chi connectivity index (χ3n) is 2.67. The van der Waals surface area contributed by atoms with Crippen LogP contribution >= 0.6 is 0 Å². The summed E-state index contributed by atoms with van der Waals surface area (Å²) in [6.45, 7) is 1.49. The van der Waals surface area contributed by atoms with Crippen molar-refractivity contribution in [3.63, 3.8) is 0 Å². The quantitative estimate of drug-likeness (QED) is 0.820. The molecule has 0 unspecified atom stereocenters. The fourth-order valence-corrected chi connectivity index (χ4v) is 1.77. The van der Waals surface area contributed by atoms with Crippen LogP contribution in [0.2, 0.25) is 0 Å². The summed E-state index contributed by atoms with van der Waals surface area (Å²) in [4.78, 5) is 5.26. The molecule has 1 aromatic heterocycles. The van der Waals surface area contributed by atoms with Crippen molar-refractivity contribution >= 4 is 5.69 Å². The topological polar surface area (TPSA) is 45.0 Å². The molecule has 1 heterocycles. The molecule has 0 fully saturated rings. The van der Waals surface area contributed by atoms with E-state index in [1.165, 1.54) is 16.8 Å². The number of aromatic nitrogens is 1. The fourth-order valence-electron chi connectivity index (χ4n) is 1.77. The number of hydrogen-bond acceptors (Lipinski definition) is 2. The number of rotatable bonds is 4. The molecule has 0 aliphatic rings. The highest BCUT2D eigenvalue weighted by Gasteiger charge is 2.02. The predicted molar refractivity (Wildman–Crippen MR) is 67.2 cm³/mol. The highest BCUT2D eigenvalue weighted by Crippen LogP contribution is 2.14. The summed E-state index contributed by atoms with van der Waals surface area (Å²) in [5, 5.41) is 0. The molecule has 0 spiro atoms. The monoisotopic (exact) mass is 215 g/mol. The number of nitrogens with two attached hydrogens (primary N) is 1. The largest absolute Gasteiger partial charge is 0.369 e. The molecule has 2 rings (SSSR count). The Kier molecular flexibility index (Phi) is 3.27. The lowest BCUT2D eigenvalue weighted by Gasteiger charge is -2.17. The van der Waals surface area contributed by atoms with Gasteiger partial charge in [-0.15, -0.1) is 0 Å². The van der Waals surface area contributed by atoms with Crippen LogP contribution in [0, 0.1) is 0 Å². The van der Waals surface area contributed by atoms with Gasteiger partial charge in [-0.05, 0) is 17.2 Å². The highest BCUT2D eigenvalue weighted by atomic mass is 15.1. The number of hydrogen-bond donors (Lipinski definition) is 2. The summed E-state index contributed by atoms with van der Waals surface area (Å²) in [7, 11) is 2.08. The van der Waals surface area contributed by atoms with Crippen molar-refractivity contribution in [2.24, 2.45) is 5.73 Å². The van der Waals surface area contributed by atoms with Gasteiger partial charge in [-0.25, -0.2) is 0 Å². The first-order valence-corrected chi connectivity index (χ1v) is 5.41. The Morgan fingerprint density at radius 2 is 2.06 bits per heavy atom. The van der Waals surface area contributed by atoms with E-state index in [-0.39, 0.29) is 0 Å². The van der Waals surface area contributed by atoms with Crippen molar-refractivity contribution in [3.8, 4) is 0 Å². The number of benzene rings is 1. The Morgan fingerprint density at radius 3 is 2.75 bits per heavy atom. The molecule has 3 N–H and O–H groups in total. The first-order chi connectivity index (χ1) is 7.79. The Bertz CT molecular complexity index is 434. The summed E-state index contributed by atoms with van der Waals surface area (Å²) in [6.07, 6.45) is 3.93. The lowest BCUT2D eigenvalue weighted by Crippen LogP contribution is -2.15. The van der Waals surface area contributed by atoms with Crippen LogP contribution in [0.3, 0.4) is 0 Å². The second-order valence-electron chi connectivity index (χ2n) is 3.95. The van der Waals surface area contributed by atoms with Crippen LogP contribution in [0.25, 0.3) is 0 Å². The van der Waals surface area contributed by atoms with Crippen LogP contribution < -0.4 is 10.6 Å². The third kappa shape index (κ3) is 2.44. The minimum absolute atomic E-state index is 0.599. The zero-order valence-electron chi connectivity index (χ0n) is 9.48. The van der Waals surface area contributed by atoms with E-state index in [0.717, 1.165) is 6.54 Å². The second kappa shape index (κ2) is 4.86. The summed E-state index contributed by atoms with van der Waals surface area (Å²) in [5.74, 6) is 0. The molecule has 0 amide bonds. The van der Waals surface area contributed by atoms with Crippen LogP contribution in [0.5, 0.6) is 0 Å². The Labute approximate surface area is 95.9 Å². The number of nitrogens with zero attached hydrogens (tertiary/aromatic N) is 1. The van der Waals surface area contributed by atoms with Gasteiger partial charge < -0.3 is 15.6 Å². The van der Waals surface area contributed by atoms with Crippen molar-refractivity contribution in [2.45, 2.75) is 13.1 Å². The first-order valence-electron chi connectivity index (χ1n) is 5.41. The Morgan fingerprint density at radius 1 is 1.25 bits per heavy atom. The second-order valence-corrected chi connectivity index (χ2v) is 3.95. The summed E-state index contributed by atoms with van der Waals surface area (Å²) in [5.41, 5.74) is 9.28. The standard InChI is InChI=1S/C13H17N3/c1-16(13-5-6-15-9-13)10-12-4-2-3-11(7-12)8-14/h2-7,9,15H,8,10,14H2,1H3. The lowest BCUT2D eigenvalue weighted by atomic mass is 10.1. The molecule has 0 aliphatic carbocycles. The number of aromatic amines is 1. The van der Waals surface area contributed by atoms with Crippen LogP contribution in [0.4, 0.5) is 5.69 Å². The molecular formula is C13H17N3. The summed E-state index contributed by atoms with van der Waals surface area (Å²) >= 11 is 0. The van der Waals surface area contributed by atoms with E-state index in [9.17, 15) is 0 Å². The molecule has 0 saturated carbocycles. The van der Waals surface area contributed by atoms with Crippen molar-refractivity contribution < 1.29 is 0 Å². The van der Waals surface area contributed by atoms with Gasteiger partial charge in [-0.2, -0.15) is 0 Å². The molecule has 0 saturated heterocycles. The maximum atomic E-state index is 5.63. The molecule has 0 bridgehead atoms. The van der Waals surface area contributed by atoms with Gasteiger partial charge in [0, 0.05) is 32.5 Å². The van der Waals surface area contributed by atoms with Gasteiger partial charge >= 0.3 is 0 Å². The number of anilines is 1. The molecule has 2 aromatic rings. The minimum atomic E-state index is 0.599. The van der Waals surface area contributed by atoms with E-state index in [2.05, 4.69) is 47.3 Å².